The van der Waals surface area contributed by atoms with Crippen LogP contribution in [0.15, 0.2) is 4.90 Å². The van der Waals surface area contributed by atoms with Gasteiger partial charge >= 0.3 is 0 Å². The minimum Gasteiger partial charge on any atom is -0.356 e. The average molecular weight is 355 g/mol. The number of nitrogens with one attached hydrogen (secondary N) is 1. The Balaban J connectivity index is 2.54. The van der Waals surface area contributed by atoms with Gasteiger partial charge in [0.2, 0.25) is 11.7 Å². The highest BCUT2D eigenvalue weighted by atomic mass is 32.2. The van der Waals surface area contributed by atoms with E-state index in [9.17, 15) is 31.5 Å². The van der Waals surface area contributed by atoms with E-state index >= 15 is 0 Å². The molecule has 0 unspecified atom stereocenters. The molecule has 0 aliphatic rings. The van der Waals surface area contributed by atoms with Gasteiger partial charge in [-0.15, -0.1) is 0 Å². The topological polar surface area (TPSA) is 46.2 Å². The number of unbranched alkanes of at least 4 members (excludes halogenated alkanes) is 2. The molecule has 1 rings (SSSR count). The maximum absolute atomic E-state index is 13.4. The molecule has 1 aromatic rings. The molecule has 0 aliphatic heterocycles. The van der Waals surface area contributed by atoms with Crippen LogP contribution in [-0.4, -0.2) is 17.6 Å². The van der Waals surface area contributed by atoms with Crippen molar-refractivity contribution < 1.29 is 31.5 Å². The lowest BCUT2D eigenvalue weighted by molar-refractivity contribution is -0.119. The van der Waals surface area contributed by atoms with E-state index in [1.807, 2.05) is 0 Å². The fourth-order valence-electron chi connectivity index (χ4n) is 1.67. The molecule has 128 valence electrons. The number of carbonyl (C=O) groups is 2. The zero-order valence-electron chi connectivity index (χ0n) is 12.2. The molecule has 0 saturated carbocycles. The van der Waals surface area contributed by atoms with Gasteiger partial charge in [-0.1, -0.05) is 6.42 Å². The molecular weight excluding hydrogens is 341 g/mol. The molecule has 0 atom stereocenters. The van der Waals surface area contributed by atoms with Crippen molar-refractivity contribution in [3.63, 3.8) is 0 Å². The Morgan fingerprint density at radius 2 is 1.39 bits per heavy atom. The summed E-state index contributed by atoms with van der Waals surface area (Å²) in [6.45, 7) is 1.80. The van der Waals surface area contributed by atoms with Gasteiger partial charge in [-0.2, -0.15) is 0 Å². The standard InChI is InChI=1S/C14H14F5NO2S/c1-7(21)20-6-4-2-3-5-8(22)23-14-12(18)10(16)9(15)11(17)13(14)19/h2-6H2,1H3,(H,20,21). The van der Waals surface area contributed by atoms with Gasteiger partial charge in [0.25, 0.3) is 0 Å². The Morgan fingerprint density at radius 1 is 0.870 bits per heavy atom. The molecule has 9 heteroatoms. The number of thioether (sulfide) groups is 1. The molecule has 23 heavy (non-hydrogen) atoms. The number of amides is 1. The quantitative estimate of drug-likeness (QED) is 0.267. The van der Waals surface area contributed by atoms with Gasteiger partial charge in [-0.25, -0.2) is 22.0 Å². The Hall–Kier alpha value is -1.64. The van der Waals surface area contributed by atoms with Crippen LogP contribution in [0.2, 0.25) is 0 Å². The van der Waals surface area contributed by atoms with Gasteiger partial charge in [0.05, 0.1) is 4.90 Å². The minimum atomic E-state index is -2.25. The number of halogens is 5. The molecule has 0 radical (unpaired) electrons. The van der Waals surface area contributed by atoms with E-state index in [1.54, 1.807) is 0 Å². The van der Waals surface area contributed by atoms with Gasteiger partial charge in [0, 0.05) is 19.9 Å². The molecule has 1 N–H and O–H groups in total. The molecule has 3 nitrogen and oxygen atoms in total. The SMILES string of the molecule is CC(=O)NCCCCCC(=O)Sc1c(F)c(F)c(F)c(F)c1F. The van der Waals surface area contributed by atoms with Crippen LogP contribution in [0.4, 0.5) is 22.0 Å². The van der Waals surface area contributed by atoms with Crippen LogP contribution in [-0.2, 0) is 9.59 Å². The van der Waals surface area contributed by atoms with Crippen molar-refractivity contribution >= 4 is 22.8 Å². The molecule has 0 bridgehead atoms. The molecule has 1 aromatic carbocycles. The second-order valence-electron chi connectivity index (χ2n) is 4.67. The van der Waals surface area contributed by atoms with Crippen molar-refractivity contribution in [3.8, 4) is 0 Å². The van der Waals surface area contributed by atoms with Crippen molar-refractivity contribution in [1.82, 2.24) is 5.32 Å². The van der Waals surface area contributed by atoms with Crippen LogP contribution in [0.5, 0.6) is 0 Å². The first kappa shape index (κ1) is 19.4. The maximum atomic E-state index is 13.4. The molecule has 0 heterocycles. The summed E-state index contributed by atoms with van der Waals surface area (Å²) in [5.74, 6) is -10.6. The highest BCUT2D eigenvalue weighted by Crippen LogP contribution is 2.32. The molecule has 1 amide bonds. The summed E-state index contributed by atoms with van der Waals surface area (Å²) in [4.78, 5) is 21.0. The van der Waals surface area contributed by atoms with E-state index in [4.69, 9.17) is 0 Å². The number of hydrogen-bond acceptors (Lipinski definition) is 3. The molecular formula is C14H14F5NO2S. The third-order valence-corrected chi connectivity index (χ3v) is 3.81. The maximum Gasteiger partial charge on any atom is 0.216 e. The fourth-order valence-corrected chi connectivity index (χ4v) is 2.51. The lowest BCUT2D eigenvalue weighted by atomic mass is 10.2. The first-order valence-electron chi connectivity index (χ1n) is 6.72. The summed E-state index contributed by atoms with van der Waals surface area (Å²) >= 11 is -0.00276. The van der Waals surface area contributed by atoms with Gasteiger partial charge < -0.3 is 5.32 Å². The number of hydrogen-bond donors (Lipinski definition) is 1. The normalized spacial score (nSPS) is 10.7. The first-order valence-corrected chi connectivity index (χ1v) is 7.54. The van der Waals surface area contributed by atoms with Gasteiger partial charge in [0.15, 0.2) is 28.4 Å². The van der Waals surface area contributed by atoms with Crippen molar-refractivity contribution in [1.29, 1.82) is 0 Å². The summed E-state index contributed by atoms with van der Waals surface area (Å²) in [7, 11) is 0. The Morgan fingerprint density at radius 3 is 1.91 bits per heavy atom. The van der Waals surface area contributed by atoms with Crippen LogP contribution in [0, 0.1) is 29.1 Å². The number of rotatable bonds is 7. The smallest absolute Gasteiger partial charge is 0.216 e. The van der Waals surface area contributed by atoms with Crippen LogP contribution in [0.3, 0.4) is 0 Å². The highest BCUT2D eigenvalue weighted by molar-refractivity contribution is 8.13. The van der Waals surface area contributed by atoms with Crippen molar-refractivity contribution in [2.75, 3.05) is 6.54 Å². The van der Waals surface area contributed by atoms with E-state index in [0.29, 0.717) is 25.8 Å². The average Bonchev–Trinajstić information content (AvgIpc) is 2.50. The predicted molar refractivity (Wildman–Crippen MR) is 74.2 cm³/mol. The molecule has 0 aliphatic carbocycles. The van der Waals surface area contributed by atoms with E-state index in [2.05, 4.69) is 5.32 Å². The van der Waals surface area contributed by atoms with Crippen LogP contribution < -0.4 is 5.32 Å². The summed E-state index contributed by atoms with van der Waals surface area (Å²) in [6.07, 6.45) is 1.48. The van der Waals surface area contributed by atoms with Crippen molar-refractivity contribution in [2.24, 2.45) is 0 Å². The summed E-state index contributed by atoms with van der Waals surface area (Å²) in [5.41, 5.74) is 0. The van der Waals surface area contributed by atoms with Crippen LogP contribution in [0.1, 0.15) is 32.6 Å². The second-order valence-corrected chi connectivity index (χ2v) is 5.73. The Labute approximate surface area is 133 Å². The van der Waals surface area contributed by atoms with E-state index in [0.717, 1.165) is 0 Å². The molecule has 0 aromatic heterocycles. The Bertz CT molecular complexity index is 580. The third-order valence-electron chi connectivity index (χ3n) is 2.82. The zero-order chi connectivity index (χ0) is 17.6. The lowest BCUT2D eigenvalue weighted by Crippen LogP contribution is -2.20. The van der Waals surface area contributed by atoms with Crippen LogP contribution in [0.25, 0.3) is 0 Å². The Kier molecular flexibility index (Phi) is 7.47. The monoisotopic (exact) mass is 355 g/mol. The number of carbonyl (C=O) groups excluding carboxylic acids is 2. The van der Waals surface area contributed by atoms with E-state index in [-0.39, 0.29) is 24.1 Å². The molecule has 0 fully saturated rings. The lowest BCUT2D eigenvalue weighted by Gasteiger charge is -2.07. The number of benzene rings is 1. The van der Waals surface area contributed by atoms with Gasteiger partial charge in [0.1, 0.15) is 0 Å². The van der Waals surface area contributed by atoms with Crippen molar-refractivity contribution in [3.05, 3.63) is 29.1 Å². The zero-order valence-corrected chi connectivity index (χ0v) is 13.0. The van der Waals surface area contributed by atoms with Gasteiger partial charge in [-0.3, -0.25) is 9.59 Å². The highest BCUT2D eigenvalue weighted by Gasteiger charge is 2.27. The van der Waals surface area contributed by atoms with Gasteiger partial charge in [-0.05, 0) is 24.6 Å². The molecule has 0 saturated heterocycles. The first-order chi connectivity index (χ1) is 10.8. The summed E-state index contributed by atoms with van der Waals surface area (Å²) < 4.78 is 65.6. The minimum absolute atomic E-state index is 0.00276. The molecule has 0 spiro atoms. The van der Waals surface area contributed by atoms with Crippen molar-refractivity contribution in [2.45, 2.75) is 37.5 Å². The van der Waals surface area contributed by atoms with E-state index in [1.165, 1.54) is 6.92 Å². The predicted octanol–water partition coefficient (Wildman–Crippen LogP) is 3.70. The van der Waals surface area contributed by atoms with E-state index < -0.39 is 39.1 Å². The summed E-state index contributed by atoms with van der Waals surface area (Å²) in [6, 6.07) is 0. The second kappa shape index (κ2) is 8.85. The van der Waals surface area contributed by atoms with Crippen LogP contribution >= 0.6 is 11.8 Å². The fraction of sp³-hybridized carbons (Fsp3) is 0.429. The largest absolute Gasteiger partial charge is 0.356 e. The summed E-state index contributed by atoms with van der Waals surface area (Å²) in [5, 5.41) is 1.86. The third kappa shape index (κ3) is 5.49.